The van der Waals surface area contributed by atoms with Crippen molar-refractivity contribution in [1.82, 2.24) is 15.4 Å². The van der Waals surface area contributed by atoms with Gasteiger partial charge in [-0.1, -0.05) is 0 Å². The molecule has 22 heavy (non-hydrogen) atoms. The number of ether oxygens (including phenoxy) is 2. The summed E-state index contributed by atoms with van der Waals surface area (Å²) in [5, 5.41) is 6.25. The fourth-order valence-corrected chi connectivity index (χ4v) is 2.38. The Balaban J connectivity index is 1.90. The summed E-state index contributed by atoms with van der Waals surface area (Å²) < 4.78 is 15.5. The molecule has 0 aromatic carbocycles. The highest BCUT2D eigenvalue weighted by Gasteiger charge is 2.40. The summed E-state index contributed by atoms with van der Waals surface area (Å²) in [6.07, 6.45) is 0.714. The second-order valence-electron chi connectivity index (χ2n) is 5.31. The number of methoxy groups -OCH3 is 1. The first-order chi connectivity index (χ1) is 10.5. The number of carbonyl (C=O) groups excluding carboxylic acids is 2. The maximum Gasteiger partial charge on any atom is 0.254 e. The maximum atomic E-state index is 12.3. The molecule has 1 N–H and O–H groups in total. The van der Waals surface area contributed by atoms with Crippen molar-refractivity contribution in [2.24, 2.45) is 0 Å². The lowest BCUT2D eigenvalue weighted by molar-refractivity contribution is -0.162. The highest BCUT2D eigenvalue weighted by atomic mass is 16.5. The second kappa shape index (κ2) is 6.78. The van der Waals surface area contributed by atoms with E-state index < -0.39 is 5.60 Å². The van der Waals surface area contributed by atoms with Crippen LogP contribution >= 0.6 is 0 Å². The molecule has 1 saturated heterocycles. The Kier molecular flexibility index (Phi) is 5.02. The molecule has 2 rings (SSSR count). The van der Waals surface area contributed by atoms with Gasteiger partial charge in [0.1, 0.15) is 5.76 Å². The van der Waals surface area contributed by atoms with Crippen molar-refractivity contribution in [2.45, 2.75) is 25.4 Å². The minimum atomic E-state index is -1.00. The van der Waals surface area contributed by atoms with Crippen LogP contribution in [0.25, 0.3) is 0 Å². The number of nitrogens with one attached hydrogen (secondary N) is 1. The van der Waals surface area contributed by atoms with Crippen LogP contribution in [0.1, 0.15) is 19.1 Å². The summed E-state index contributed by atoms with van der Waals surface area (Å²) in [6.45, 7) is 2.74. The molecule has 1 fully saturated rings. The van der Waals surface area contributed by atoms with Crippen LogP contribution in [0.3, 0.4) is 0 Å². The molecule has 1 aliphatic rings. The van der Waals surface area contributed by atoms with Crippen molar-refractivity contribution in [3.63, 3.8) is 0 Å². The van der Waals surface area contributed by atoms with E-state index in [0.29, 0.717) is 31.2 Å². The van der Waals surface area contributed by atoms with Crippen molar-refractivity contribution in [3.8, 4) is 5.88 Å². The minimum absolute atomic E-state index is 0.0474. The Labute approximate surface area is 128 Å². The molecule has 0 spiro atoms. The van der Waals surface area contributed by atoms with E-state index in [-0.39, 0.29) is 24.8 Å². The Morgan fingerprint density at radius 2 is 2.32 bits per heavy atom. The largest absolute Gasteiger partial charge is 0.479 e. The molecule has 8 nitrogen and oxygen atoms in total. The predicted molar refractivity (Wildman–Crippen MR) is 76.4 cm³/mol. The number of nitrogens with zero attached hydrogens (tertiary/aromatic N) is 2. The Hall–Kier alpha value is -2.09. The smallest absolute Gasteiger partial charge is 0.254 e. The number of aromatic nitrogens is 1. The molecule has 0 saturated carbocycles. The second-order valence-corrected chi connectivity index (χ2v) is 5.31. The van der Waals surface area contributed by atoms with E-state index in [4.69, 9.17) is 14.0 Å². The minimum Gasteiger partial charge on any atom is -0.479 e. The third kappa shape index (κ3) is 3.56. The van der Waals surface area contributed by atoms with Crippen LogP contribution < -0.4 is 10.1 Å². The third-order valence-electron chi connectivity index (χ3n) is 3.67. The summed E-state index contributed by atoms with van der Waals surface area (Å²) in [7, 11) is 3.05. The first-order valence-electron chi connectivity index (χ1n) is 7.12. The van der Waals surface area contributed by atoms with Gasteiger partial charge in [0.2, 0.25) is 5.91 Å². The van der Waals surface area contributed by atoms with E-state index in [0.717, 1.165) is 0 Å². The lowest BCUT2D eigenvalue weighted by Gasteiger charge is -2.39. The van der Waals surface area contributed by atoms with Gasteiger partial charge in [0.25, 0.3) is 11.8 Å². The molecule has 1 aromatic rings. The molecule has 0 radical (unpaired) electrons. The predicted octanol–water partition coefficient (Wildman–Crippen LogP) is -0.0207. The molecule has 2 heterocycles. The van der Waals surface area contributed by atoms with Gasteiger partial charge < -0.3 is 24.2 Å². The van der Waals surface area contributed by atoms with Crippen molar-refractivity contribution >= 4 is 11.8 Å². The van der Waals surface area contributed by atoms with Crippen LogP contribution in [0.15, 0.2) is 10.6 Å². The number of aryl methyl sites for hydroxylation is 1. The standard InChI is InChI=1S/C14H21N3O5/c1-14(13(19)15-2)9-17(6-7-21-14)12(18)5-4-10-8-11(20-3)16-22-10/h8H,4-7,9H2,1-3H3,(H,15,19)/t14-/m1/s1. The van der Waals surface area contributed by atoms with E-state index in [9.17, 15) is 9.59 Å². The molecule has 1 aromatic heterocycles. The van der Waals surface area contributed by atoms with Crippen molar-refractivity contribution < 1.29 is 23.6 Å². The number of hydrogen-bond acceptors (Lipinski definition) is 6. The first kappa shape index (κ1) is 16.3. The zero-order valence-corrected chi connectivity index (χ0v) is 13.0. The van der Waals surface area contributed by atoms with Crippen LogP contribution in [0.5, 0.6) is 5.88 Å². The number of morpholine rings is 1. The lowest BCUT2D eigenvalue weighted by atomic mass is 10.0. The van der Waals surface area contributed by atoms with Crippen molar-refractivity contribution in [1.29, 1.82) is 0 Å². The van der Waals surface area contributed by atoms with Crippen LogP contribution in [0, 0.1) is 0 Å². The van der Waals surface area contributed by atoms with Gasteiger partial charge in [-0.25, -0.2) is 0 Å². The molecule has 1 atom stereocenters. The molecule has 0 unspecified atom stereocenters. The van der Waals surface area contributed by atoms with Crippen molar-refractivity contribution in [2.75, 3.05) is 33.9 Å². The summed E-state index contributed by atoms with van der Waals surface area (Å²) in [6, 6.07) is 1.65. The van der Waals surface area contributed by atoms with E-state index in [2.05, 4.69) is 10.5 Å². The SMILES string of the molecule is CNC(=O)[C@@]1(C)CN(C(=O)CCc2cc(OC)no2)CCO1. The molecule has 8 heteroatoms. The molecular formula is C14H21N3O5. The van der Waals surface area contributed by atoms with Gasteiger partial charge in [-0.15, -0.1) is 0 Å². The van der Waals surface area contributed by atoms with E-state index >= 15 is 0 Å². The van der Waals surface area contributed by atoms with E-state index in [1.807, 2.05) is 0 Å². The van der Waals surface area contributed by atoms with Crippen LogP contribution in [0.2, 0.25) is 0 Å². The third-order valence-corrected chi connectivity index (χ3v) is 3.67. The molecule has 1 aliphatic heterocycles. The van der Waals surface area contributed by atoms with Crippen molar-refractivity contribution in [3.05, 3.63) is 11.8 Å². The van der Waals surface area contributed by atoms with Gasteiger partial charge >= 0.3 is 0 Å². The van der Waals surface area contributed by atoms with Gasteiger partial charge in [0, 0.05) is 32.5 Å². The van der Waals surface area contributed by atoms with Crippen LogP contribution in [-0.2, 0) is 20.7 Å². The monoisotopic (exact) mass is 311 g/mol. The molecule has 122 valence electrons. The van der Waals surface area contributed by atoms with E-state index in [1.165, 1.54) is 7.11 Å². The van der Waals surface area contributed by atoms with Gasteiger partial charge in [-0.2, -0.15) is 0 Å². The molecular weight excluding hydrogens is 290 g/mol. The fraction of sp³-hybridized carbons (Fsp3) is 0.643. The lowest BCUT2D eigenvalue weighted by Crippen LogP contribution is -2.58. The number of rotatable bonds is 5. The number of hydrogen-bond donors (Lipinski definition) is 1. The van der Waals surface area contributed by atoms with Gasteiger partial charge in [0.05, 0.1) is 20.3 Å². The zero-order valence-electron chi connectivity index (χ0n) is 13.0. The zero-order chi connectivity index (χ0) is 16.2. The molecule has 0 bridgehead atoms. The fourth-order valence-electron chi connectivity index (χ4n) is 2.38. The highest BCUT2D eigenvalue weighted by molar-refractivity contribution is 5.86. The Morgan fingerprint density at radius 1 is 1.55 bits per heavy atom. The van der Waals surface area contributed by atoms with Crippen LogP contribution in [0.4, 0.5) is 0 Å². The summed E-state index contributed by atoms with van der Waals surface area (Å²) in [5.41, 5.74) is -1.00. The first-order valence-corrected chi connectivity index (χ1v) is 7.12. The number of carbonyl (C=O) groups is 2. The van der Waals surface area contributed by atoms with Gasteiger partial charge in [-0.05, 0) is 12.1 Å². The topological polar surface area (TPSA) is 93.9 Å². The average Bonchev–Trinajstić information content (AvgIpc) is 2.99. The Morgan fingerprint density at radius 3 is 2.95 bits per heavy atom. The highest BCUT2D eigenvalue weighted by Crippen LogP contribution is 2.19. The maximum absolute atomic E-state index is 12.3. The summed E-state index contributed by atoms with van der Waals surface area (Å²) >= 11 is 0. The van der Waals surface area contributed by atoms with Gasteiger partial charge in [-0.3, -0.25) is 9.59 Å². The number of amides is 2. The summed E-state index contributed by atoms with van der Waals surface area (Å²) in [4.78, 5) is 25.8. The average molecular weight is 311 g/mol. The van der Waals surface area contributed by atoms with Gasteiger partial charge in [0.15, 0.2) is 5.60 Å². The molecule has 0 aliphatic carbocycles. The Bertz CT molecular complexity index is 544. The van der Waals surface area contributed by atoms with Crippen LogP contribution in [-0.4, -0.2) is 61.3 Å². The quantitative estimate of drug-likeness (QED) is 0.821. The summed E-state index contributed by atoms with van der Waals surface area (Å²) in [5.74, 6) is 0.701. The normalized spacial score (nSPS) is 21.5. The number of likely N-dealkylation sites (N-methyl/N-ethyl adjacent to an activating group) is 1. The van der Waals surface area contributed by atoms with E-state index in [1.54, 1.807) is 24.9 Å². The molecule has 2 amide bonds.